The summed E-state index contributed by atoms with van der Waals surface area (Å²) in [5.41, 5.74) is 7.60. The van der Waals surface area contributed by atoms with Crippen LogP contribution in [0.15, 0.2) is 24.5 Å². The van der Waals surface area contributed by atoms with Crippen molar-refractivity contribution in [3.8, 4) is 0 Å². The molecule has 5 nitrogen and oxygen atoms in total. The number of benzene rings is 1. The van der Waals surface area contributed by atoms with E-state index >= 15 is 0 Å². The van der Waals surface area contributed by atoms with E-state index in [1.54, 1.807) is 6.07 Å². The lowest BCUT2D eigenvalue weighted by Crippen LogP contribution is -2.55. The van der Waals surface area contributed by atoms with Crippen LogP contribution in [0.3, 0.4) is 0 Å². The molecule has 4 aliphatic rings. The summed E-state index contributed by atoms with van der Waals surface area (Å²) in [7, 11) is 0. The molecule has 0 radical (unpaired) electrons. The Bertz CT molecular complexity index is 851. The van der Waals surface area contributed by atoms with Gasteiger partial charge in [0.1, 0.15) is 17.8 Å². The fraction of sp³-hybridized carbons (Fsp3) is 0.500. The zero-order chi connectivity index (χ0) is 18.6. The highest BCUT2D eigenvalue weighted by atomic mass is 35.5. The zero-order valence-corrected chi connectivity index (χ0v) is 15.8. The zero-order valence-electron chi connectivity index (χ0n) is 15.0. The van der Waals surface area contributed by atoms with Gasteiger partial charge in [0.05, 0.1) is 5.02 Å². The summed E-state index contributed by atoms with van der Waals surface area (Å²) in [5.74, 6) is 3.24. The summed E-state index contributed by atoms with van der Waals surface area (Å²) in [4.78, 5) is 8.67. The minimum absolute atomic E-state index is 0.0551. The number of nitrogens with zero attached hydrogens (tertiary/aromatic N) is 2. The van der Waals surface area contributed by atoms with E-state index in [1.165, 1.54) is 57.0 Å². The van der Waals surface area contributed by atoms with Crippen molar-refractivity contribution in [2.45, 2.75) is 44.1 Å². The smallest absolute Gasteiger partial charge is 0.159 e. The Hall–Kier alpha value is -2.08. The quantitative estimate of drug-likeness (QED) is 0.690. The Labute approximate surface area is 162 Å². The van der Waals surface area contributed by atoms with Crippen LogP contribution in [0.1, 0.15) is 38.5 Å². The molecule has 142 valence electrons. The Balaban J connectivity index is 1.39. The van der Waals surface area contributed by atoms with E-state index in [1.807, 2.05) is 0 Å². The standard InChI is InChI=1S/C20H23ClFN5/c21-15-6-14(1-2-16(15)22)26-18-17(23)19(25-10-24-18)27-20-7-11-3-12(8-20)5-13(4-11)9-20/h1-2,6,10-13H,3-5,7-9,23H2,(H2,24,25,26,27). The molecule has 1 heterocycles. The normalized spacial score (nSPS) is 31.1. The minimum Gasteiger partial charge on any atom is -0.393 e. The van der Waals surface area contributed by atoms with Crippen LogP contribution >= 0.6 is 11.6 Å². The number of rotatable bonds is 4. The van der Waals surface area contributed by atoms with Gasteiger partial charge in [0.15, 0.2) is 11.6 Å². The van der Waals surface area contributed by atoms with Crippen molar-refractivity contribution in [3.63, 3.8) is 0 Å². The van der Waals surface area contributed by atoms with Crippen LogP contribution in [0, 0.1) is 23.6 Å². The monoisotopic (exact) mass is 387 g/mol. The van der Waals surface area contributed by atoms with Crippen LogP contribution in [0.25, 0.3) is 0 Å². The molecule has 4 bridgehead atoms. The van der Waals surface area contributed by atoms with Crippen molar-refractivity contribution in [1.29, 1.82) is 0 Å². The van der Waals surface area contributed by atoms with Crippen molar-refractivity contribution in [2.75, 3.05) is 16.4 Å². The van der Waals surface area contributed by atoms with Gasteiger partial charge in [0.2, 0.25) is 0 Å². The number of hydrogen-bond donors (Lipinski definition) is 3. The van der Waals surface area contributed by atoms with E-state index in [-0.39, 0.29) is 10.6 Å². The molecule has 0 saturated heterocycles. The Morgan fingerprint density at radius 2 is 1.67 bits per heavy atom. The second-order valence-corrected chi connectivity index (χ2v) is 8.97. The Kier molecular flexibility index (Phi) is 3.93. The summed E-state index contributed by atoms with van der Waals surface area (Å²) in [6, 6.07) is 4.44. The maximum absolute atomic E-state index is 13.4. The summed E-state index contributed by atoms with van der Waals surface area (Å²) >= 11 is 5.86. The van der Waals surface area contributed by atoms with Crippen LogP contribution in [-0.4, -0.2) is 15.5 Å². The molecule has 6 rings (SSSR count). The number of anilines is 4. The Morgan fingerprint density at radius 1 is 1.04 bits per heavy atom. The van der Waals surface area contributed by atoms with Gasteiger partial charge >= 0.3 is 0 Å². The van der Waals surface area contributed by atoms with Gasteiger partial charge in [0.25, 0.3) is 0 Å². The molecular weight excluding hydrogens is 365 g/mol. The molecule has 2 aromatic rings. The van der Waals surface area contributed by atoms with E-state index in [4.69, 9.17) is 17.3 Å². The van der Waals surface area contributed by atoms with Crippen LogP contribution in [0.4, 0.5) is 27.4 Å². The van der Waals surface area contributed by atoms with Crippen LogP contribution < -0.4 is 16.4 Å². The average Bonchev–Trinajstić information content (AvgIpc) is 2.60. The van der Waals surface area contributed by atoms with Gasteiger partial charge in [-0.25, -0.2) is 14.4 Å². The summed E-state index contributed by atoms with van der Waals surface area (Å²) < 4.78 is 13.4. The molecule has 7 heteroatoms. The van der Waals surface area contributed by atoms with Gasteiger partial charge in [-0.3, -0.25) is 0 Å². The molecule has 0 atom stereocenters. The molecule has 4 fully saturated rings. The van der Waals surface area contributed by atoms with E-state index in [2.05, 4.69) is 20.6 Å². The van der Waals surface area contributed by atoms with Gasteiger partial charge in [-0.1, -0.05) is 11.6 Å². The largest absolute Gasteiger partial charge is 0.393 e. The molecule has 4 N–H and O–H groups in total. The van der Waals surface area contributed by atoms with E-state index in [0.717, 1.165) is 17.8 Å². The van der Waals surface area contributed by atoms with E-state index in [9.17, 15) is 4.39 Å². The number of nitrogens with two attached hydrogens (primary N) is 1. The number of aromatic nitrogens is 2. The molecule has 4 aliphatic carbocycles. The first-order valence-corrected chi connectivity index (χ1v) is 9.98. The van der Waals surface area contributed by atoms with E-state index < -0.39 is 5.82 Å². The van der Waals surface area contributed by atoms with Crippen LogP contribution in [0.5, 0.6) is 0 Å². The summed E-state index contributed by atoms with van der Waals surface area (Å²) in [6.07, 6.45) is 9.29. The van der Waals surface area contributed by atoms with Crippen molar-refractivity contribution < 1.29 is 4.39 Å². The molecule has 0 aliphatic heterocycles. The first-order chi connectivity index (χ1) is 13.0. The molecule has 27 heavy (non-hydrogen) atoms. The van der Waals surface area contributed by atoms with Gasteiger partial charge in [-0.05, 0) is 74.5 Å². The lowest BCUT2D eigenvalue weighted by Gasteiger charge is -2.57. The van der Waals surface area contributed by atoms with Crippen molar-refractivity contribution in [1.82, 2.24) is 9.97 Å². The average molecular weight is 388 g/mol. The highest BCUT2D eigenvalue weighted by Gasteiger charge is 2.51. The fourth-order valence-electron chi connectivity index (χ4n) is 5.82. The third kappa shape index (κ3) is 3.10. The van der Waals surface area contributed by atoms with Gasteiger partial charge in [-0.2, -0.15) is 0 Å². The molecular formula is C20H23ClFN5. The first-order valence-electron chi connectivity index (χ1n) is 9.60. The predicted molar refractivity (Wildman–Crippen MR) is 106 cm³/mol. The Morgan fingerprint density at radius 3 is 2.30 bits per heavy atom. The third-order valence-corrected chi connectivity index (χ3v) is 6.78. The molecule has 0 unspecified atom stereocenters. The lowest BCUT2D eigenvalue weighted by molar-refractivity contribution is 0.0106. The van der Waals surface area contributed by atoms with E-state index in [0.29, 0.717) is 23.0 Å². The molecule has 4 saturated carbocycles. The maximum atomic E-state index is 13.4. The number of nitrogen functional groups attached to an aromatic ring is 1. The topological polar surface area (TPSA) is 75.9 Å². The highest BCUT2D eigenvalue weighted by Crippen LogP contribution is 2.56. The molecule has 1 aromatic heterocycles. The second-order valence-electron chi connectivity index (χ2n) is 8.56. The van der Waals surface area contributed by atoms with Crippen molar-refractivity contribution in [2.24, 2.45) is 17.8 Å². The molecule has 0 amide bonds. The fourth-order valence-corrected chi connectivity index (χ4v) is 6.00. The second kappa shape index (κ2) is 6.23. The van der Waals surface area contributed by atoms with Crippen LogP contribution in [-0.2, 0) is 0 Å². The summed E-state index contributed by atoms with van der Waals surface area (Å²) in [5, 5.41) is 6.88. The predicted octanol–water partition coefficient (Wildman–Crippen LogP) is 4.98. The highest BCUT2D eigenvalue weighted by molar-refractivity contribution is 6.31. The van der Waals surface area contributed by atoms with Crippen molar-refractivity contribution >= 4 is 34.6 Å². The SMILES string of the molecule is Nc1c(Nc2ccc(F)c(Cl)c2)ncnc1NC12CC3CC(CC(C3)C1)C2. The third-order valence-electron chi connectivity index (χ3n) is 6.49. The molecule has 1 aromatic carbocycles. The maximum Gasteiger partial charge on any atom is 0.159 e. The van der Waals surface area contributed by atoms with Crippen molar-refractivity contribution in [3.05, 3.63) is 35.4 Å². The van der Waals surface area contributed by atoms with Gasteiger partial charge < -0.3 is 16.4 Å². The van der Waals surface area contributed by atoms with Gasteiger partial charge in [0, 0.05) is 11.2 Å². The number of hydrogen-bond acceptors (Lipinski definition) is 5. The number of nitrogens with one attached hydrogen (secondary N) is 2. The first kappa shape index (κ1) is 17.0. The van der Waals surface area contributed by atoms with Gasteiger partial charge in [-0.15, -0.1) is 0 Å². The van der Waals surface area contributed by atoms with Crippen LogP contribution in [0.2, 0.25) is 5.02 Å². The summed E-state index contributed by atoms with van der Waals surface area (Å²) in [6.45, 7) is 0. The number of halogens is 2. The molecule has 0 spiro atoms. The lowest BCUT2D eigenvalue weighted by atomic mass is 9.53. The minimum atomic E-state index is -0.456.